The van der Waals surface area contributed by atoms with Crippen LogP contribution in [0.1, 0.15) is 22.9 Å². The molecule has 24 heavy (non-hydrogen) atoms. The highest BCUT2D eigenvalue weighted by Crippen LogP contribution is 2.15. The number of halogens is 2. The predicted molar refractivity (Wildman–Crippen MR) is 86.1 cm³/mol. The number of aliphatic imine (C=N–C) groups is 1. The first-order valence-corrected chi connectivity index (χ1v) is 7.39. The van der Waals surface area contributed by atoms with Gasteiger partial charge in [-0.1, -0.05) is 12.1 Å². The number of benzene rings is 1. The molecule has 0 fully saturated rings. The Balaban J connectivity index is 1.87. The van der Waals surface area contributed by atoms with Crippen molar-refractivity contribution in [1.82, 2.24) is 15.6 Å². The molecule has 1 heterocycles. The van der Waals surface area contributed by atoms with Crippen LogP contribution < -0.4 is 15.4 Å². The molecule has 0 bridgehead atoms. The number of hydrogen-bond acceptors (Lipinski definition) is 4. The summed E-state index contributed by atoms with van der Waals surface area (Å²) in [7, 11) is 1.64. The number of nitrogens with one attached hydrogen (secondary N) is 2. The van der Waals surface area contributed by atoms with E-state index in [1.165, 1.54) is 6.07 Å². The van der Waals surface area contributed by atoms with E-state index >= 15 is 0 Å². The third-order valence-corrected chi connectivity index (χ3v) is 3.29. The summed E-state index contributed by atoms with van der Waals surface area (Å²) >= 11 is 0. The summed E-state index contributed by atoms with van der Waals surface area (Å²) in [5.41, 5.74) is 1.64. The zero-order chi connectivity index (χ0) is 17.5. The van der Waals surface area contributed by atoms with Crippen LogP contribution in [0.4, 0.5) is 8.78 Å². The van der Waals surface area contributed by atoms with E-state index in [1.54, 1.807) is 25.2 Å². The van der Waals surface area contributed by atoms with E-state index < -0.39 is 6.61 Å². The summed E-state index contributed by atoms with van der Waals surface area (Å²) in [6, 6.07) is 6.49. The summed E-state index contributed by atoms with van der Waals surface area (Å²) in [5, 5.41) is 6.16. The molecule has 0 atom stereocenters. The lowest BCUT2D eigenvalue weighted by molar-refractivity contribution is -0.0498. The van der Waals surface area contributed by atoms with Gasteiger partial charge in [-0.05, 0) is 31.5 Å². The molecule has 0 aliphatic carbocycles. The van der Waals surface area contributed by atoms with Gasteiger partial charge in [-0.25, -0.2) is 4.98 Å². The Labute approximate surface area is 138 Å². The Hall–Kier alpha value is -2.64. The van der Waals surface area contributed by atoms with Gasteiger partial charge >= 0.3 is 6.61 Å². The normalized spacial score (nSPS) is 11.7. The van der Waals surface area contributed by atoms with Gasteiger partial charge in [-0.15, -0.1) is 0 Å². The summed E-state index contributed by atoms with van der Waals surface area (Å²) in [6.07, 6.45) is 0. The van der Waals surface area contributed by atoms with Crippen LogP contribution >= 0.6 is 0 Å². The van der Waals surface area contributed by atoms with Crippen LogP contribution in [0.3, 0.4) is 0 Å². The van der Waals surface area contributed by atoms with E-state index in [2.05, 4.69) is 25.3 Å². The van der Waals surface area contributed by atoms with Crippen molar-refractivity contribution in [3.05, 3.63) is 47.2 Å². The second kappa shape index (κ2) is 8.28. The largest absolute Gasteiger partial charge is 0.444 e. The van der Waals surface area contributed by atoms with Gasteiger partial charge in [-0.3, -0.25) is 4.99 Å². The molecule has 8 heteroatoms. The fourth-order valence-electron chi connectivity index (χ4n) is 2.01. The molecular formula is C16H20F2N4O2. The first kappa shape index (κ1) is 17.7. The minimum Gasteiger partial charge on any atom is -0.444 e. The molecule has 0 spiro atoms. The molecule has 2 rings (SSSR count). The predicted octanol–water partition coefficient (Wildman–Crippen LogP) is 2.76. The standard InChI is InChI=1S/C16H20F2N4O2/c1-10-11(2)23-14(22-10)9-21-16(19-3)20-8-12-5-4-6-13(7-12)24-15(17)18/h4-7,15H,8-9H2,1-3H3,(H2,19,20,21). The van der Waals surface area contributed by atoms with Gasteiger partial charge < -0.3 is 19.8 Å². The number of alkyl halides is 2. The van der Waals surface area contributed by atoms with Gasteiger partial charge in [0.15, 0.2) is 5.96 Å². The highest BCUT2D eigenvalue weighted by Gasteiger charge is 2.07. The number of rotatable bonds is 6. The molecule has 0 unspecified atom stereocenters. The summed E-state index contributed by atoms with van der Waals surface area (Å²) in [5.74, 6) is 2.02. The zero-order valence-corrected chi connectivity index (χ0v) is 13.8. The number of hydrogen-bond donors (Lipinski definition) is 2. The number of oxazole rings is 1. The minimum absolute atomic E-state index is 0.123. The van der Waals surface area contributed by atoms with E-state index in [0.717, 1.165) is 17.0 Å². The van der Waals surface area contributed by atoms with Gasteiger partial charge in [0.25, 0.3) is 0 Å². The van der Waals surface area contributed by atoms with E-state index in [4.69, 9.17) is 4.42 Å². The Morgan fingerprint density at radius 2 is 2.04 bits per heavy atom. The van der Waals surface area contributed by atoms with Crippen LogP contribution in [0, 0.1) is 13.8 Å². The molecule has 0 radical (unpaired) electrons. The van der Waals surface area contributed by atoms with Crippen LogP contribution in [-0.4, -0.2) is 24.6 Å². The lowest BCUT2D eigenvalue weighted by Gasteiger charge is -2.11. The second-order valence-electron chi connectivity index (χ2n) is 5.05. The van der Waals surface area contributed by atoms with Crippen molar-refractivity contribution < 1.29 is 17.9 Å². The summed E-state index contributed by atoms with van der Waals surface area (Å²) in [6.45, 7) is 1.69. The van der Waals surface area contributed by atoms with Crippen LogP contribution in [0.5, 0.6) is 5.75 Å². The molecule has 2 N–H and O–H groups in total. The van der Waals surface area contributed by atoms with Gasteiger partial charge in [0, 0.05) is 13.6 Å². The Bertz CT molecular complexity index is 682. The molecule has 2 aromatic rings. The van der Waals surface area contributed by atoms with Gasteiger partial charge in [0.1, 0.15) is 11.5 Å². The van der Waals surface area contributed by atoms with E-state index in [-0.39, 0.29) is 5.75 Å². The van der Waals surface area contributed by atoms with Gasteiger partial charge in [0.05, 0.1) is 12.2 Å². The molecule has 0 aliphatic heterocycles. The van der Waals surface area contributed by atoms with Crippen LogP contribution in [-0.2, 0) is 13.1 Å². The third kappa shape index (κ3) is 5.22. The first-order valence-electron chi connectivity index (χ1n) is 7.39. The number of aromatic nitrogens is 1. The third-order valence-electron chi connectivity index (χ3n) is 3.29. The Kier molecular flexibility index (Phi) is 6.11. The monoisotopic (exact) mass is 338 g/mol. The number of ether oxygens (including phenoxy) is 1. The molecule has 0 saturated heterocycles. The van der Waals surface area contributed by atoms with Crippen molar-refractivity contribution in [3.63, 3.8) is 0 Å². The molecule has 0 saturated carbocycles. The lowest BCUT2D eigenvalue weighted by atomic mass is 10.2. The summed E-state index contributed by atoms with van der Waals surface area (Å²) in [4.78, 5) is 8.37. The zero-order valence-electron chi connectivity index (χ0n) is 13.8. The van der Waals surface area contributed by atoms with Crippen molar-refractivity contribution in [2.45, 2.75) is 33.5 Å². The summed E-state index contributed by atoms with van der Waals surface area (Å²) < 4.78 is 34.3. The average Bonchev–Trinajstić information content (AvgIpc) is 2.85. The minimum atomic E-state index is -2.84. The molecule has 6 nitrogen and oxygen atoms in total. The smallest absolute Gasteiger partial charge is 0.387 e. The van der Waals surface area contributed by atoms with Crippen LogP contribution in [0.25, 0.3) is 0 Å². The van der Waals surface area contributed by atoms with E-state index in [9.17, 15) is 8.78 Å². The van der Waals surface area contributed by atoms with Gasteiger partial charge in [-0.2, -0.15) is 8.78 Å². The van der Waals surface area contributed by atoms with Crippen molar-refractivity contribution in [3.8, 4) is 5.75 Å². The maximum atomic E-state index is 12.2. The lowest BCUT2D eigenvalue weighted by Crippen LogP contribution is -2.36. The molecule has 1 aromatic heterocycles. The molecule has 0 amide bonds. The fourth-order valence-corrected chi connectivity index (χ4v) is 2.01. The molecule has 130 valence electrons. The first-order chi connectivity index (χ1) is 11.5. The SMILES string of the molecule is CN=C(NCc1cccc(OC(F)F)c1)NCc1nc(C)c(C)o1. The number of aryl methyl sites for hydroxylation is 2. The highest BCUT2D eigenvalue weighted by molar-refractivity contribution is 5.79. The second-order valence-corrected chi connectivity index (χ2v) is 5.05. The Morgan fingerprint density at radius 1 is 1.29 bits per heavy atom. The van der Waals surface area contributed by atoms with Crippen molar-refractivity contribution in [2.75, 3.05) is 7.05 Å². The van der Waals surface area contributed by atoms with Crippen molar-refractivity contribution in [2.24, 2.45) is 4.99 Å². The van der Waals surface area contributed by atoms with Gasteiger partial charge in [0.2, 0.25) is 5.89 Å². The van der Waals surface area contributed by atoms with E-state index in [0.29, 0.717) is 24.9 Å². The van der Waals surface area contributed by atoms with E-state index in [1.807, 2.05) is 13.8 Å². The number of guanidine groups is 1. The van der Waals surface area contributed by atoms with Crippen LogP contribution in [0.15, 0.2) is 33.7 Å². The maximum Gasteiger partial charge on any atom is 0.387 e. The quantitative estimate of drug-likeness (QED) is 0.626. The highest BCUT2D eigenvalue weighted by atomic mass is 19.3. The average molecular weight is 338 g/mol. The molecule has 0 aliphatic rings. The maximum absolute atomic E-state index is 12.2. The fraction of sp³-hybridized carbons (Fsp3) is 0.375. The number of nitrogens with zero attached hydrogens (tertiary/aromatic N) is 2. The topological polar surface area (TPSA) is 71.7 Å². The molecular weight excluding hydrogens is 318 g/mol. The van der Waals surface area contributed by atoms with Crippen molar-refractivity contribution in [1.29, 1.82) is 0 Å². The molecule has 1 aromatic carbocycles. The van der Waals surface area contributed by atoms with Crippen LogP contribution in [0.2, 0.25) is 0 Å². The Morgan fingerprint density at radius 3 is 2.67 bits per heavy atom. The van der Waals surface area contributed by atoms with Crippen molar-refractivity contribution >= 4 is 5.96 Å².